The van der Waals surface area contributed by atoms with Crippen molar-refractivity contribution in [2.45, 2.75) is 6.17 Å². The number of fused-ring (bicyclic) bond motifs is 1. The molecule has 22 heavy (non-hydrogen) atoms. The van der Waals surface area contributed by atoms with E-state index < -0.39 is 0 Å². The molecule has 0 radical (unpaired) electrons. The van der Waals surface area contributed by atoms with Crippen LogP contribution in [0, 0.1) is 0 Å². The van der Waals surface area contributed by atoms with Gasteiger partial charge in [0.25, 0.3) is 0 Å². The predicted molar refractivity (Wildman–Crippen MR) is 87.7 cm³/mol. The number of hydrogen-bond acceptors (Lipinski definition) is 4. The van der Waals surface area contributed by atoms with Gasteiger partial charge in [0.05, 0.1) is 18.1 Å². The van der Waals surface area contributed by atoms with Crippen LogP contribution in [-0.4, -0.2) is 22.5 Å². The third-order valence-electron chi connectivity index (χ3n) is 3.80. The third kappa shape index (κ3) is 2.05. The normalized spacial score (nSPS) is 19.7. The Bertz CT molecular complexity index is 778. The van der Waals surface area contributed by atoms with Crippen LogP contribution in [0.1, 0.15) is 11.1 Å². The van der Waals surface area contributed by atoms with Crippen molar-refractivity contribution in [3.05, 3.63) is 83.7 Å². The minimum absolute atomic E-state index is 0.144. The third-order valence-corrected chi connectivity index (χ3v) is 3.80. The number of nitrogens with one attached hydrogen (secondary N) is 1. The van der Waals surface area contributed by atoms with Crippen LogP contribution in [0.25, 0.3) is 11.3 Å². The van der Waals surface area contributed by atoms with Crippen molar-refractivity contribution in [1.82, 2.24) is 10.4 Å². The zero-order valence-electron chi connectivity index (χ0n) is 11.8. The van der Waals surface area contributed by atoms with Crippen LogP contribution in [0.3, 0.4) is 0 Å². The van der Waals surface area contributed by atoms with E-state index in [4.69, 9.17) is 0 Å². The Hall–Kier alpha value is -3.01. The van der Waals surface area contributed by atoms with Crippen LogP contribution in [0.5, 0.6) is 0 Å². The lowest BCUT2D eigenvalue weighted by Gasteiger charge is -2.24. The Morgan fingerprint density at radius 3 is 2.23 bits per heavy atom. The van der Waals surface area contributed by atoms with E-state index in [-0.39, 0.29) is 11.9 Å². The molecule has 2 heterocycles. The van der Waals surface area contributed by atoms with Gasteiger partial charge >= 0.3 is 0 Å². The largest absolute Gasteiger partial charge is 0.505 e. The average molecular weight is 289 g/mol. The van der Waals surface area contributed by atoms with E-state index >= 15 is 0 Å². The molecule has 2 aromatic rings. The number of hydrazine groups is 1. The highest BCUT2D eigenvalue weighted by molar-refractivity contribution is 5.95. The number of aliphatic hydroxyl groups is 1. The summed E-state index contributed by atoms with van der Waals surface area (Å²) in [5.41, 5.74) is 7.68. The number of allylic oxidation sites excluding steroid dienone is 1. The number of benzene rings is 2. The van der Waals surface area contributed by atoms with Crippen molar-refractivity contribution >= 4 is 17.5 Å². The first-order valence-electron chi connectivity index (χ1n) is 7.17. The lowest BCUT2D eigenvalue weighted by Crippen LogP contribution is -2.35. The van der Waals surface area contributed by atoms with E-state index in [1.54, 1.807) is 6.20 Å². The van der Waals surface area contributed by atoms with Gasteiger partial charge in [-0.2, -0.15) is 0 Å². The Morgan fingerprint density at radius 2 is 1.55 bits per heavy atom. The molecule has 0 aliphatic carbocycles. The van der Waals surface area contributed by atoms with Gasteiger partial charge in [0.1, 0.15) is 0 Å². The molecule has 1 unspecified atom stereocenters. The van der Waals surface area contributed by atoms with Crippen LogP contribution in [0.2, 0.25) is 0 Å². The Balaban J connectivity index is 1.88. The van der Waals surface area contributed by atoms with Gasteiger partial charge in [-0.3, -0.25) is 15.4 Å². The smallest absolute Gasteiger partial charge is 0.167 e. The maximum absolute atomic E-state index is 9.68. The quantitative estimate of drug-likeness (QED) is 0.892. The fraction of sp³-hybridized carbons (Fsp3) is 0.0556. The minimum atomic E-state index is -0.173. The number of aliphatic imine (C=N–C) groups is 1. The second-order valence-electron chi connectivity index (χ2n) is 5.25. The van der Waals surface area contributed by atoms with E-state index in [1.807, 2.05) is 41.4 Å². The maximum Gasteiger partial charge on any atom is 0.167 e. The molecule has 4 heteroatoms. The highest BCUT2D eigenvalue weighted by atomic mass is 16.3. The van der Waals surface area contributed by atoms with Crippen molar-refractivity contribution in [3.63, 3.8) is 0 Å². The fourth-order valence-corrected chi connectivity index (χ4v) is 2.83. The molecule has 1 atom stereocenters. The first-order valence-corrected chi connectivity index (χ1v) is 7.17. The highest BCUT2D eigenvalue weighted by Crippen LogP contribution is 2.36. The zero-order valence-corrected chi connectivity index (χ0v) is 11.8. The first-order chi connectivity index (χ1) is 10.8. The molecular weight excluding hydrogens is 274 g/mol. The van der Waals surface area contributed by atoms with Crippen molar-refractivity contribution in [2.24, 2.45) is 4.99 Å². The summed E-state index contributed by atoms with van der Waals surface area (Å²) in [5, 5.41) is 11.5. The second-order valence-corrected chi connectivity index (χ2v) is 5.25. The van der Waals surface area contributed by atoms with Crippen LogP contribution >= 0.6 is 0 Å². The molecule has 2 N–H and O–H groups in total. The molecule has 4 rings (SSSR count). The van der Waals surface area contributed by atoms with Gasteiger partial charge in [0, 0.05) is 5.57 Å². The molecule has 0 saturated heterocycles. The molecule has 0 aromatic heterocycles. The number of hydrogen-bond donors (Lipinski definition) is 2. The number of nitrogens with zero attached hydrogens (tertiary/aromatic N) is 2. The molecule has 0 amide bonds. The summed E-state index contributed by atoms with van der Waals surface area (Å²) >= 11 is 0. The second kappa shape index (κ2) is 5.07. The van der Waals surface area contributed by atoms with Crippen LogP contribution < -0.4 is 5.43 Å². The number of rotatable bonds is 2. The molecule has 0 saturated carbocycles. The lowest BCUT2D eigenvalue weighted by molar-refractivity contribution is 0.283. The Kier molecular flexibility index (Phi) is 2.93. The van der Waals surface area contributed by atoms with E-state index in [9.17, 15) is 5.11 Å². The summed E-state index contributed by atoms with van der Waals surface area (Å²) in [6, 6.07) is 20.4. The van der Waals surface area contributed by atoms with Gasteiger partial charge in [0.2, 0.25) is 0 Å². The average Bonchev–Trinajstić information content (AvgIpc) is 2.95. The molecule has 2 aromatic carbocycles. The van der Waals surface area contributed by atoms with Crippen molar-refractivity contribution in [2.75, 3.05) is 0 Å². The summed E-state index contributed by atoms with van der Waals surface area (Å²) < 4.78 is 0. The topological polar surface area (TPSA) is 47.9 Å². The first kappa shape index (κ1) is 12.7. The molecule has 0 spiro atoms. The predicted octanol–water partition coefficient (Wildman–Crippen LogP) is 3.19. The van der Waals surface area contributed by atoms with E-state index in [1.165, 1.54) is 6.21 Å². The van der Waals surface area contributed by atoms with Gasteiger partial charge < -0.3 is 5.11 Å². The monoisotopic (exact) mass is 289 g/mol. The van der Waals surface area contributed by atoms with Crippen LogP contribution in [-0.2, 0) is 0 Å². The lowest BCUT2D eigenvalue weighted by atomic mass is 9.98. The van der Waals surface area contributed by atoms with E-state index in [2.05, 4.69) is 34.7 Å². The fourth-order valence-electron chi connectivity index (χ4n) is 2.83. The standard InChI is InChI=1S/C18H15N3O/c22-15-11-19-18-16(13-7-3-1-4-8-13)17(20-21(18)12-15)14-9-5-2-6-10-14/h1-12,18,20,22H. The van der Waals surface area contributed by atoms with Crippen LogP contribution in [0.15, 0.2) is 77.6 Å². The zero-order chi connectivity index (χ0) is 14.9. The maximum atomic E-state index is 9.68. The molecule has 0 bridgehead atoms. The Labute approximate surface area is 128 Å². The van der Waals surface area contributed by atoms with Crippen LogP contribution in [0.4, 0.5) is 0 Å². The molecule has 2 aliphatic heterocycles. The SMILES string of the molecule is OC1=CN2NC(c3ccccc3)=C(c3ccccc3)C2N=C1. The van der Waals surface area contributed by atoms with Gasteiger partial charge in [0.15, 0.2) is 11.9 Å². The molecular formula is C18H15N3O. The summed E-state index contributed by atoms with van der Waals surface area (Å²) in [6.07, 6.45) is 2.99. The summed E-state index contributed by atoms with van der Waals surface area (Å²) in [4.78, 5) is 4.47. The van der Waals surface area contributed by atoms with E-state index in [0.29, 0.717) is 0 Å². The molecule has 2 aliphatic rings. The highest BCUT2D eigenvalue weighted by Gasteiger charge is 2.33. The molecule has 108 valence electrons. The number of aliphatic hydroxyl groups excluding tert-OH is 1. The van der Waals surface area contributed by atoms with Crippen molar-refractivity contribution < 1.29 is 5.11 Å². The van der Waals surface area contributed by atoms with Gasteiger partial charge in [-0.1, -0.05) is 60.7 Å². The van der Waals surface area contributed by atoms with Crippen molar-refractivity contribution in [3.8, 4) is 0 Å². The molecule has 0 fully saturated rings. The summed E-state index contributed by atoms with van der Waals surface area (Å²) in [6.45, 7) is 0. The van der Waals surface area contributed by atoms with Crippen molar-refractivity contribution in [1.29, 1.82) is 0 Å². The summed E-state index contributed by atoms with van der Waals surface area (Å²) in [7, 11) is 0. The molecule has 4 nitrogen and oxygen atoms in total. The summed E-state index contributed by atoms with van der Waals surface area (Å²) in [5.74, 6) is 0.144. The Morgan fingerprint density at radius 1 is 0.909 bits per heavy atom. The minimum Gasteiger partial charge on any atom is -0.505 e. The van der Waals surface area contributed by atoms with Gasteiger partial charge in [-0.05, 0) is 11.1 Å². The van der Waals surface area contributed by atoms with Gasteiger partial charge in [-0.15, -0.1) is 0 Å². The van der Waals surface area contributed by atoms with E-state index in [0.717, 1.165) is 22.4 Å². The van der Waals surface area contributed by atoms with Gasteiger partial charge in [-0.25, -0.2) is 0 Å².